The first kappa shape index (κ1) is 13.9. The van der Waals surface area contributed by atoms with Crippen molar-refractivity contribution in [2.45, 2.75) is 13.8 Å². The highest BCUT2D eigenvalue weighted by Gasteiger charge is 2.10. The second-order valence-corrected chi connectivity index (χ2v) is 4.83. The van der Waals surface area contributed by atoms with Crippen LogP contribution in [0.2, 0.25) is 0 Å². The van der Waals surface area contributed by atoms with Gasteiger partial charge < -0.3 is 10.2 Å². The number of aryl methyl sites for hydroxylation is 2. The maximum absolute atomic E-state index is 11.4. The standard InChI is InChI=1S/C17H16O3/c1-11-7-12(2)9-13(8-11)10-16(17(19)20)14-3-5-15(18)6-4-14/h3-10,18H,1-2H3,(H,19,20). The smallest absolute Gasteiger partial charge is 0.336 e. The normalized spacial score (nSPS) is 11.4. The molecule has 0 aromatic heterocycles. The van der Waals surface area contributed by atoms with Gasteiger partial charge in [0.2, 0.25) is 0 Å². The van der Waals surface area contributed by atoms with Crippen LogP contribution in [0.1, 0.15) is 22.3 Å². The van der Waals surface area contributed by atoms with E-state index in [4.69, 9.17) is 0 Å². The van der Waals surface area contributed by atoms with Crippen molar-refractivity contribution in [3.8, 4) is 5.75 Å². The Morgan fingerprint density at radius 1 is 1.00 bits per heavy atom. The molecule has 0 aliphatic carbocycles. The number of carboxylic acids is 1. The maximum atomic E-state index is 11.4. The molecule has 3 heteroatoms. The van der Waals surface area contributed by atoms with E-state index in [-0.39, 0.29) is 11.3 Å². The van der Waals surface area contributed by atoms with Crippen molar-refractivity contribution in [1.29, 1.82) is 0 Å². The second kappa shape index (κ2) is 5.61. The van der Waals surface area contributed by atoms with Crippen molar-refractivity contribution in [1.82, 2.24) is 0 Å². The SMILES string of the molecule is Cc1cc(C)cc(C=C(C(=O)O)c2ccc(O)cc2)c1. The van der Waals surface area contributed by atoms with E-state index in [1.54, 1.807) is 18.2 Å². The zero-order chi connectivity index (χ0) is 14.7. The molecule has 0 heterocycles. The van der Waals surface area contributed by atoms with Crippen LogP contribution in [0.3, 0.4) is 0 Å². The highest BCUT2D eigenvalue weighted by molar-refractivity contribution is 6.20. The van der Waals surface area contributed by atoms with Crippen LogP contribution in [0.25, 0.3) is 11.6 Å². The number of hydrogen-bond donors (Lipinski definition) is 2. The molecule has 0 fully saturated rings. The summed E-state index contributed by atoms with van der Waals surface area (Å²) in [6.07, 6.45) is 1.65. The minimum Gasteiger partial charge on any atom is -0.508 e. The number of benzene rings is 2. The Labute approximate surface area is 117 Å². The van der Waals surface area contributed by atoms with Crippen LogP contribution in [0.15, 0.2) is 42.5 Å². The average Bonchev–Trinajstić information content (AvgIpc) is 2.36. The maximum Gasteiger partial charge on any atom is 0.336 e. The van der Waals surface area contributed by atoms with Gasteiger partial charge in [-0.05, 0) is 43.2 Å². The molecule has 2 aromatic rings. The number of carbonyl (C=O) groups is 1. The van der Waals surface area contributed by atoms with Crippen LogP contribution in [-0.2, 0) is 4.79 Å². The molecule has 0 aliphatic heterocycles. The summed E-state index contributed by atoms with van der Waals surface area (Å²) in [5, 5.41) is 18.6. The summed E-state index contributed by atoms with van der Waals surface area (Å²) in [5.41, 5.74) is 3.80. The van der Waals surface area contributed by atoms with Gasteiger partial charge in [0.15, 0.2) is 0 Å². The van der Waals surface area contributed by atoms with Crippen LogP contribution in [0, 0.1) is 13.8 Å². The Morgan fingerprint density at radius 2 is 1.55 bits per heavy atom. The van der Waals surface area contributed by atoms with E-state index in [0.717, 1.165) is 16.7 Å². The predicted octanol–water partition coefficient (Wildman–Crippen LogP) is 3.63. The molecule has 20 heavy (non-hydrogen) atoms. The van der Waals surface area contributed by atoms with E-state index in [1.807, 2.05) is 32.0 Å². The first-order valence-corrected chi connectivity index (χ1v) is 6.28. The molecule has 2 rings (SSSR count). The van der Waals surface area contributed by atoms with E-state index in [2.05, 4.69) is 0 Å². The molecule has 2 N–H and O–H groups in total. The van der Waals surface area contributed by atoms with Gasteiger partial charge in [-0.25, -0.2) is 4.79 Å². The van der Waals surface area contributed by atoms with Gasteiger partial charge in [-0.2, -0.15) is 0 Å². The Kier molecular flexibility index (Phi) is 3.89. The van der Waals surface area contributed by atoms with E-state index in [1.165, 1.54) is 12.1 Å². The first-order chi connectivity index (χ1) is 9.45. The molecule has 0 radical (unpaired) electrons. The quantitative estimate of drug-likeness (QED) is 0.660. The zero-order valence-corrected chi connectivity index (χ0v) is 11.4. The number of aliphatic carboxylic acids is 1. The molecule has 0 atom stereocenters. The van der Waals surface area contributed by atoms with Gasteiger partial charge in [-0.15, -0.1) is 0 Å². The lowest BCUT2D eigenvalue weighted by Crippen LogP contribution is -1.99. The van der Waals surface area contributed by atoms with Crippen molar-refractivity contribution in [3.05, 3.63) is 64.7 Å². The largest absolute Gasteiger partial charge is 0.508 e. The van der Waals surface area contributed by atoms with Gasteiger partial charge in [-0.1, -0.05) is 41.5 Å². The van der Waals surface area contributed by atoms with Crippen molar-refractivity contribution in [2.24, 2.45) is 0 Å². The minimum absolute atomic E-state index is 0.116. The lowest BCUT2D eigenvalue weighted by atomic mass is 10.0. The predicted molar refractivity (Wildman–Crippen MR) is 79.5 cm³/mol. The van der Waals surface area contributed by atoms with Gasteiger partial charge >= 0.3 is 5.97 Å². The summed E-state index contributed by atoms with van der Waals surface area (Å²) >= 11 is 0. The van der Waals surface area contributed by atoms with Crippen LogP contribution >= 0.6 is 0 Å². The molecule has 0 saturated heterocycles. The fraction of sp³-hybridized carbons (Fsp3) is 0.118. The van der Waals surface area contributed by atoms with Gasteiger partial charge in [0, 0.05) is 0 Å². The molecule has 0 bridgehead atoms. The number of carboxylic acid groups (broad SMARTS) is 1. The van der Waals surface area contributed by atoms with E-state index in [9.17, 15) is 15.0 Å². The fourth-order valence-corrected chi connectivity index (χ4v) is 2.17. The van der Waals surface area contributed by atoms with Gasteiger partial charge in [-0.3, -0.25) is 0 Å². The number of hydrogen-bond acceptors (Lipinski definition) is 2. The highest BCUT2D eigenvalue weighted by Crippen LogP contribution is 2.22. The van der Waals surface area contributed by atoms with E-state index >= 15 is 0 Å². The second-order valence-electron chi connectivity index (χ2n) is 4.83. The van der Waals surface area contributed by atoms with Crippen LogP contribution in [0.5, 0.6) is 5.75 Å². The zero-order valence-electron chi connectivity index (χ0n) is 11.4. The minimum atomic E-state index is -0.991. The highest BCUT2D eigenvalue weighted by atomic mass is 16.4. The summed E-state index contributed by atoms with van der Waals surface area (Å²) in [6, 6.07) is 12.1. The molecule has 0 saturated carbocycles. The molecule has 0 aliphatic rings. The van der Waals surface area contributed by atoms with Crippen LogP contribution in [0.4, 0.5) is 0 Å². The molecular weight excluding hydrogens is 252 g/mol. The summed E-state index contributed by atoms with van der Waals surface area (Å²) in [6.45, 7) is 3.96. The molecule has 102 valence electrons. The monoisotopic (exact) mass is 268 g/mol. The molecule has 0 amide bonds. The topological polar surface area (TPSA) is 57.5 Å². The van der Waals surface area contributed by atoms with Crippen LogP contribution in [-0.4, -0.2) is 16.2 Å². The third kappa shape index (κ3) is 3.26. The number of rotatable bonds is 3. The van der Waals surface area contributed by atoms with E-state index in [0.29, 0.717) is 5.56 Å². The lowest BCUT2D eigenvalue weighted by Gasteiger charge is -2.05. The molecule has 2 aromatic carbocycles. The number of aromatic hydroxyl groups is 1. The Hall–Kier alpha value is -2.55. The fourth-order valence-electron chi connectivity index (χ4n) is 2.17. The Balaban J connectivity index is 2.50. The van der Waals surface area contributed by atoms with Crippen molar-refractivity contribution >= 4 is 17.6 Å². The Morgan fingerprint density at radius 3 is 2.05 bits per heavy atom. The average molecular weight is 268 g/mol. The molecular formula is C17H16O3. The third-order valence-corrected chi connectivity index (χ3v) is 2.96. The van der Waals surface area contributed by atoms with Gasteiger partial charge in [0.25, 0.3) is 0 Å². The molecule has 3 nitrogen and oxygen atoms in total. The summed E-state index contributed by atoms with van der Waals surface area (Å²) in [7, 11) is 0. The number of phenolic OH excluding ortho intramolecular Hbond substituents is 1. The lowest BCUT2D eigenvalue weighted by molar-refractivity contribution is -0.130. The third-order valence-electron chi connectivity index (χ3n) is 2.96. The van der Waals surface area contributed by atoms with E-state index < -0.39 is 5.97 Å². The summed E-state index contributed by atoms with van der Waals surface area (Å²) in [4.78, 5) is 11.4. The van der Waals surface area contributed by atoms with Crippen molar-refractivity contribution < 1.29 is 15.0 Å². The van der Waals surface area contributed by atoms with Crippen molar-refractivity contribution in [3.63, 3.8) is 0 Å². The van der Waals surface area contributed by atoms with Crippen LogP contribution < -0.4 is 0 Å². The summed E-state index contributed by atoms with van der Waals surface area (Å²) < 4.78 is 0. The van der Waals surface area contributed by atoms with Crippen molar-refractivity contribution in [2.75, 3.05) is 0 Å². The number of phenols is 1. The van der Waals surface area contributed by atoms with Gasteiger partial charge in [0.1, 0.15) is 5.75 Å². The summed E-state index contributed by atoms with van der Waals surface area (Å²) in [5.74, 6) is -0.875. The molecule has 0 spiro atoms. The molecule has 0 unspecified atom stereocenters. The first-order valence-electron chi connectivity index (χ1n) is 6.28. The Bertz CT molecular complexity index is 647. The van der Waals surface area contributed by atoms with Gasteiger partial charge in [0.05, 0.1) is 5.57 Å².